The number of amides is 2. The van der Waals surface area contributed by atoms with E-state index in [9.17, 15) is 9.59 Å². The van der Waals surface area contributed by atoms with Gasteiger partial charge in [0.25, 0.3) is 0 Å². The maximum atomic E-state index is 12.1. The van der Waals surface area contributed by atoms with Crippen LogP contribution in [0.25, 0.3) is 0 Å². The second kappa shape index (κ2) is 5.96. The lowest BCUT2D eigenvalue weighted by atomic mass is 10.1. The summed E-state index contributed by atoms with van der Waals surface area (Å²) < 4.78 is 0. The van der Waals surface area contributed by atoms with Crippen LogP contribution in [0.2, 0.25) is 0 Å². The Labute approximate surface area is 103 Å². The number of rotatable bonds is 6. The predicted molar refractivity (Wildman–Crippen MR) is 67.4 cm³/mol. The van der Waals surface area contributed by atoms with Crippen LogP contribution in [0.3, 0.4) is 0 Å². The summed E-state index contributed by atoms with van der Waals surface area (Å²) in [6.07, 6.45) is 3.68. The molecular formula is C13H22N2O2. The van der Waals surface area contributed by atoms with Gasteiger partial charge in [-0.25, -0.2) is 0 Å². The van der Waals surface area contributed by atoms with Crippen molar-refractivity contribution in [3.63, 3.8) is 0 Å². The molecule has 0 radical (unpaired) electrons. The number of carbonyl (C=O) groups is 2. The van der Waals surface area contributed by atoms with Gasteiger partial charge in [0, 0.05) is 12.1 Å². The van der Waals surface area contributed by atoms with E-state index in [1.165, 1.54) is 4.90 Å². The van der Waals surface area contributed by atoms with E-state index >= 15 is 0 Å². The van der Waals surface area contributed by atoms with Gasteiger partial charge in [0.1, 0.15) is 0 Å². The third-order valence-corrected chi connectivity index (χ3v) is 3.22. The van der Waals surface area contributed by atoms with Crippen LogP contribution >= 0.6 is 0 Å². The fourth-order valence-electron chi connectivity index (χ4n) is 2.09. The van der Waals surface area contributed by atoms with Crippen molar-refractivity contribution >= 4 is 11.8 Å². The normalized spacial score (nSPS) is 23.9. The topological polar surface area (TPSA) is 49.4 Å². The maximum absolute atomic E-state index is 12.1. The van der Waals surface area contributed by atoms with Crippen LogP contribution < -0.4 is 5.32 Å². The predicted octanol–water partition coefficient (Wildman–Crippen LogP) is 1.47. The van der Waals surface area contributed by atoms with Crippen molar-refractivity contribution in [1.29, 1.82) is 0 Å². The Morgan fingerprint density at radius 3 is 2.71 bits per heavy atom. The molecule has 0 aromatic carbocycles. The average Bonchev–Trinajstić information content (AvgIpc) is 2.54. The molecule has 1 aliphatic rings. The summed E-state index contributed by atoms with van der Waals surface area (Å²) in [5.41, 5.74) is 0. The highest BCUT2D eigenvalue weighted by Crippen LogP contribution is 2.18. The van der Waals surface area contributed by atoms with Gasteiger partial charge in [0.15, 0.2) is 0 Å². The Balaban J connectivity index is 2.64. The quantitative estimate of drug-likeness (QED) is 0.563. The van der Waals surface area contributed by atoms with Crippen molar-refractivity contribution in [2.24, 2.45) is 0 Å². The molecule has 0 saturated carbocycles. The van der Waals surface area contributed by atoms with Gasteiger partial charge in [0.2, 0.25) is 11.8 Å². The standard InChI is InChI=1S/C13H22N2O2/c1-5-7-9(3)14-11-8-12(16)15(13(11)17)10(4)6-2/h5,9-11,14H,1,6-8H2,2-4H3. The van der Waals surface area contributed by atoms with Gasteiger partial charge in [-0.3, -0.25) is 14.5 Å². The first-order valence-electron chi connectivity index (χ1n) is 6.24. The van der Waals surface area contributed by atoms with Crippen molar-refractivity contribution in [2.75, 3.05) is 0 Å². The summed E-state index contributed by atoms with van der Waals surface area (Å²) in [6.45, 7) is 9.54. The smallest absolute Gasteiger partial charge is 0.247 e. The number of hydrogen-bond donors (Lipinski definition) is 1. The zero-order valence-electron chi connectivity index (χ0n) is 10.9. The molecule has 1 rings (SSSR count). The fourth-order valence-corrected chi connectivity index (χ4v) is 2.09. The van der Waals surface area contributed by atoms with E-state index < -0.39 is 0 Å². The number of nitrogens with one attached hydrogen (secondary N) is 1. The molecule has 1 heterocycles. The van der Waals surface area contributed by atoms with Gasteiger partial charge >= 0.3 is 0 Å². The van der Waals surface area contributed by atoms with Crippen LogP contribution in [0.15, 0.2) is 12.7 Å². The largest absolute Gasteiger partial charge is 0.303 e. The van der Waals surface area contributed by atoms with Crippen molar-refractivity contribution < 1.29 is 9.59 Å². The first-order valence-corrected chi connectivity index (χ1v) is 6.24. The average molecular weight is 238 g/mol. The lowest BCUT2D eigenvalue weighted by molar-refractivity contribution is -0.141. The maximum Gasteiger partial charge on any atom is 0.247 e. The molecule has 1 fully saturated rings. The van der Waals surface area contributed by atoms with E-state index in [1.807, 2.05) is 26.8 Å². The molecular weight excluding hydrogens is 216 g/mol. The highest BCUT2D eigenvalue weighted by atomic mass is 16.2. The summed E-state index contributed by atoms with van der Waals surface area (Å²) >= 11 is 0. The van der Waals surface area contributed by atoms with Crippen molar-refractivity contribution in [2.45, 2.75) is 58.2 Å². The molecule has 3 atom stereocenters. The van der Waals surface area contributed by atoms with E-state index in [4.69, 9.17) is 0 Å². The van der Waals surface area contributed by atoms with Crippen LogP contribution in [0.4, 0.5) is 0 Å². The minimum absolute atomic E-state index is 0.00323. The van der Waals surface area contributed by atoms with E-state index in [-0.39, 0.29) is 36.4 Å². The van der Waals surface area contributed by atoms with Crippen molar-refractivity contribution in [3.8, 4) is 0 Å². The van der Waals surface area contributed by atoms with Crippen LogP contribution in [0.5, 0.6) is 0 Å². The summed E-state index contributed by atoms with van der Waals surface area (Å²) in [5, 5.41) is 3.19. The monoisotopic (exact) mass is 238 g/mol. The summed E-state index contributed by atoms with van der Waals surface area (Å²) in [5.74, 6) is -0.145. The Hall–Kier alpha value is -1.16. The van der Waals surface area contributed by atoms with Crippen molar-refractivity contribution in [1.82, 2.24) is 10.2 Å². The first kappa shape index (κ1) is 13.9. The number of likely N-dealkylation sites (tertiary alicyclic amines) is 1. The summed E-state index contributed by atoms with van der Waals surface area (Å²) in [4.78, 5) is 25.3. The molecule has 17 heavy (non-hydrogen) atoms. The van der Waals surface area contributed by atoms with Gasteiger partial charge in [-0.05, 0) is 26.7 Å². The molecule has 2 amide bonds. The Morgan fingerprint density at radius 2 is 2.18 bits per heavy atom. The SMILES string of the molecule is C=CCC(C)NC1CC(=O)N(C(C)CC)C1=O. The van der Waals surface area contributed by atoms with Crippen molar-refractivity contribution in [3.05, 3.63) is 12.7 Å². The van der Waals surface area contributed by atoms with E-state index in [1.54, 1.807) is 0 Å². The fraction of sp³-hybridized carbons (Fsp3) is 0.692. The third-order valence-electron chi connectivity index (χ3n) is 3.22. The van der Waals surface area contributed by atoms with Crippen LogP contribution in [0.1, 0.15) is 40.0 Å². The molecule has 3 unspecified atom stereocenters. The zero-order chi connectivity index (χ0) is 13.0. The van der Waals surface area contributed by atoms with E-state index in [0.29, 0.717) is 0 Å². The molecule has 1 N–H and O–H groups in total. The molecule has 0 aromatic rings. The number of hydrogen-bond acceptors (Lipinski definition) is 3. The minimum Gasteiger partial charge on any atom is -0.303 e. The van der Waals surface area contributed by atoms with E-state index in [0.717, 1.165) is 12.8 Å². The highest BCUT2D eigenvalue weighted by Gasteiger charge is 2.40. The summed E-state index contributed by atoms with van der Waals surface area (Å²) in [6, 6.07) is -0.186. The zero-order valence-corrected chi connectivity index (χ0v) is 10.9. The molecule has 0 spiro atoms. The molecule has 0 aromatic heterocycles. The molecule has 0 aliphatic carbocycles. The number of nitrogens with zero attached hydrogens (tertiary/aromatic N) is 1. The minimum atomic E-state index is -0.355. The Bertz CT molecular complexity index is 315. The van der Waals surface area contributed by atoms with Crippen LogP contribution in [-0.4, -0.2) is 34.8 Å². The van der Waals surface area contributed by atoms with Gasteiger partial charge < -0.3 is 5.32 Å². The Morgan fingerprint density at radius 1 is 1.53 bits per heavy atom. The first-order chi connectivity index (χ1) is 8.01. The Kier molecular flexibility index (Phi) is 4.87. The molecule has 96 valence electrons. The number of imide groups is 1. The second-order valence-electron chi connectivity index (χ2n) is 4.71. The lowest BCUT2D eigenvalue weighted by Gasteiger charge is -2.22. The van der Waals surface area contributed by atoms with Gasteiger partial charge in [-0.1, -0.05) is 13.0 Å². The number of carbonyl (C=O) groups excluding carboxylic acids is 2. The molecule has 1 aliphatic heterocycles. The molecule has 4 heteroatoms. The van der Waals surface area contributed by atoms with Gasteiger partial charge in [-0.2, -0.15) is 0 Å². The molecule has 0 bridgehead atoms. The highest BCUT2D eigenvalue weighted by molar-refractivity contribution is 6.05. The lowest BCUT2D eigenvalue weighted by Crippen LogP contribution is -2.45. The van der Waals surface area contributed by atoms with Gasteiger partial charge in [0.05, 0.1) is 12.5 Å². The molecule has 4 nitrogen and oxygen atoms in total. The van der Waals surface area contributed by atoms with Gasteiger partial charge in [-0.15, -0.1) is 6.58 Å². The summed E-state index contributed by atoms with van der Waals surface area (Å²) in [7, 11) is 0. The van der Waals surface area contributed by atoms with Crippen LogP contribution in [0, 0.1) is 0 Å². The van der Waals surface area contributed by atoms with Crippen LogP contribution in [-0.2, 0) is 9.59 Å². The van der Waals surface area contributed by atoms with E-state index in [2.05, 4.69) is 11.9 Å². The third kappa shape index (κ3) is 3.16. The molecule has 1 saturated heterocycles. The second-order valence-corrected chi connectivity index (χ2v) is 4.71.